The van der Waals surface area contributed by atoms with Crippen molar-refractivity contribution < 1.29 is 4.79 Å². The van der Waals surface area contributed by atoms with Gasteiger partial charge in [-0.2, -0.15) is 5.26 Å². The number of fused-ring (bicyclic) bond motifs is 1. The summed E-state index contributed by atoms with van der Waals surface area (Å²) < 4.78 is 2.28. The second-order valence-electron chi connectivity index (χ2n) is 7.37. The number of carbonyl (C=O) groups excluding carboxylic acids is 1. The maximum atomic E-state index is 11.7. The molecule has 2 aromatic rings. The van der Waals surface area contributed by atoms with Crippen LogP contribution >= 0.6 is 0 Å². The molecule has 1 fully saturated rings. The van der Waals surface area contributed by atoms with Gasteiger partial charge >= 0.3 is 0 Å². The van der Waals surface area contributed by atoms with Crippen molar-refractivity contribution in [2.24, 2.45) is 11.8 Å². The highest BCUT2D eigenvalue weighted by Gasteiger charge is 2.25. The molecule has 4 heteroatoms. The number of nitrogens with zero attached hydrogens (tertiary/aromatic N) is 3. The van der Waals surface area contributed by atoms with E-state index in [1.54, 1.807) is 6.92 Å². The van der Waals surface area contributed by atoms with Crippen LogP contribution in [-0.4, -0.2) is 34.9 Å². The van der Waals surface area contributed by atoms with Crippen LogP contribution in [0.5, 0.6) is 0 Å². The number of carbonyl (C=O) groups is 1. The number of hydrogen-bond acceptors (Lipinski definition) is 3. The Morgan fingerprint density at radius 3 is 2.80 bits per heavy atom. The molecule has 0 N–H and O–H groups in total. The van der Waals surface area contributed by atoms with Crippen molar-refractivity contribution >= 4 is 16.7 Å². The molecule has 0 bridgehead atoms. The number of likely N-dealkylation sites (tertiary alicyclic amines) is 1. The molecule has 0 aliphatic carbocycles. The van der Waals surface area contributed by atoms with Gasteiger partial charge in [-0.15, -0.1) is 0 Å². The average molecular weight is 337 g/mol. The first-order valence-corrected chi connectivity index (χ1v) is 9.18. The molecule has 0 saturated carbocycles. The molecule has 0 spiro atoms. The third-order valence-corrected chi connectivity index (χ3v) is 5.69. The first-order valence-electron chi connectivity index (χ1n) is 9.18. The first kappa shape index (κ1) is 17.7. The molecule has 0 radical (unpaired) electrons. The third-order valence-electron chi connectivity index (χ3n) is 5.69. The maximum Gasteiger partial charge on any atom is 0.134 e. The van der Waals surface area contributed by atoms with E-state index in [2.05, 4.69) is 53.6 Å². The number of benzene rings is 1. The van der Waals surface area contributed by atoms with E-state index in [0.717, 1.165) is 32.5 Å². The smallest absolute Gasteiger partial charge is 0.134 e. The Balaban J connectivity index is 1.76. The number of Topliss-reactive ketones (excluding diaryl/α,β-unsaturated/α-hetero) is 1. The van der Waals surface area contributed by atoms with Crippen LogP contribution in [0.2, 0.25) is 0 Å². The fraction of sp³-hybridized carbons (Fsp3) is 0.524. The number of hydrogen-bond donors (Lipinski definition) is 0. The van der Waals surface area contributed by atoms with E-state index in [1.807, 2.05) is 0 Å². The lowest BCUT2D eigenvalue weighted by Crippen LogP contribution is -2.41. The molecule has 2 unspecified atom stereocenters. The van der Waals surface area contributed by atoms with Crippen molar-refractivity contribution in [3.05, 3.63) is 35.5 Å². The van der Waals surface area contributed by atoms with E-state index in [0.29, 0.717) is 6.54 Å². The van der Waals surface area contributed by atoms with E-state index in [9.17, 15) is 10.1 Å². The van der Waals surface area contributed by atoms with E-state index < -0.39 is 0 Å². The summed E-state index contributed by atoms with van der Waals surface area (Å²) in [6.45, 7) is 9.22. The number of piperidine rings is 1. The quantitative estimate of drug-likeness (QED) is 0.836. The van der Waals surface area contributed by atoms with E-state index in [-0.39, 0.29) is 17.6 Å². The Morgan fingerprint density at radius 1 is 1.32 bits per heavy atom. The van der Waals surface area contributed by atoms with Gasteiger partial charge < -0.3 is 9.47 Å². The molecule has 3 rings (SSSR count). The lowest BCUT2D eigenvalue weighted by molar-refractivity contribution is -0.122. The van der Waals surface area contributed by atoms with Gasteiger partial charge in [0.2, 0.25) is 0 Å². The molecule has 1 aromatic heterocycles. The number of para-hydroxylation sites is 1. The van der Waals surface area contributed by atoms with Crippen LogP contribution in [0.3, 0.4) is 0 Å². The SMILES string of the molecule is CC(=O)C1CCCN(CC(C#N)Cn2c(C)c(C)c3ccccc32)C1. The van der Waals surface area contributed by atoms with Crippen molar-refractivity contribution in [2.45, 2.75) is 40.2 Å². The van der Waals surface area contributed by atoms with Gasteiger partial charge in [0.1, 0.15) is 5.78 Å². The summed E-state index contributed by atoms with van der Waals surface area (Å²) in [5, 5.41) is 11.0. The van der Waals surface area contributed by atoms with Crippen LogP contribution in [0.4, 0.5) is 0 Å². The van der Waals surface area contributed by atoms with Gasteiger partial charge in [0, 0.05) is 42.1 Å². The number of rotatable bonds is 5. The minimum atomic E-state index is -0.0698. The molecule has 2 atom stereocenters. The molecule has 25 heavy (non-hydrogen) atoms. The van der Waals surface area contributed by atoms with Crippen molar-refractivity contribution in [1.29, 1.82) is 5.26 Å². The lowest BCUT2D eigenvalue weighted by atomic mass is 9.94. The highest BCUT2D eigenvalue weighted by molar-refractivity contribution is 5.85. The van der Waals surface area contributed by atoms with Crippen LogP contribution in [0, 0.1) is 37.0 Å². The number of ketones is 1. The van der Waals surface area contributed by atoms with Crippen LogP contribution in [-0.2, 0) is 11.3 Å². The summed E-state index contributed by atoms with van der Waals surface area (Å²) in [5.74, 6) is 0.352. The normalized spacial score (nSPS) is 19.7. The first-order chi connectivity index (χ1) is 12.0. The summed E-state index contributed by atoms with van der Waals surface area (Å²) in [5.41, 5.74) is 3.74. The van der Waals surface area contributed by atoms with Gasteiger partial charge in [0.25, 0.3) is 0 Å². The van der Waals surface area contributed by atoms with Crippen molar-refractivity contribution in [1.82, 2.24) is 9.47 Å². The van der Waals surface area contributed by atoms with Crippen molar-refractivity contribution in [2.75, 3.05) is 19.6 Å². The average Bonchev–Trinajstić information content (AvgIpc) is 2.86. The zero-order valence-electron chi connectivity index (χ0n) is 15.5. The molecule has 1 aromatic carbocycles. The molecule has 132 valence electrons. The largest absolute Gasteiger partial charge is 0.343 e. The molecular weight excluding hydrogens is 310 g/mol. The number of nitriles is 1. The van der Waals surface area contributed by atoms with E-state index in [4.69, 9.17) is 0 Å². The number of aryl methyl sites for hydroxylation is 1. The fourth-order valence-corrected chi connectivity index (χ4v) is 4.06. The molecule has 1 aliphatic heterocycles. The minimum absolute atomic E-state index is 0.0698. The summed E-state index contributed by atoms with van der Waals surface area (Å²) in [6.07, 6.45) is 2.04. The predicted octanol–water partition coefficient (Wildman–Crippen LogP) is 3.70. The molecular formula is C21H27N3O. The lowest BCUT2D eigenvalue weighted by Gasteiger charge is -2.32. The Hall–Kier alpha value is -2.12. The molecule has 4 nitrogen and oxygen atoms in total. The standard InChI is InChI=1S/C21H27N3O/c1-15-16(2)24(21-9-5-4-8-20(15)21)13-18(11-22)12-23-10-6-7-19(14-23)17(3)25/h4-5,8-9,18-19H,6-7,10,12-14H2,1-3H3. The van der Waals surface area contributed by atoms with Gasteiger partial charge in [-0.25, -0.2) is 0 Å². The summed E-state index contributed by atoms with van der Waals surface area (Å²) in [7, 11) is 0. The monoisotopic (exact) mass is 337 g/mol. The van der Waals surface area contributed by atoms with Gasteiger partial charge in [-0.3, -0.25) is 4.79 Å². The Kier molecular flexibility index (Phi) is 5.24. The molecule has 1 aliphatic rings. The second-order valence-corrected chi connectivity index (χ2v) is 7.37. The van der Waals surface area contributed by atoms with Gasteiger partial charge in [0.15, 0.2) is 0 Å². The Bertz CT molecular complexity index is 814. The van der Waals surface area contributed by atoms with Crippen LogP contribution in [0.25, 0.3) is 10.9 Å². The van der Waals surface area contributed by atoms with Gasteiger partial charge in [0.05, 0.1) is 12.0 Å². The molecule has 2 heterocycles. The molecule has 0 amide bonds. The van der Waals surface area contributed by atoms with E-state index >= 15 is 0 Å². The summed E-state index contributed by atoms with van der Waals surface area (Å²) >= 11 is 0. The van der Waals surface area contributed by atoms with E-state index in [1.165, 1.54) is 22.2 Å². The second kappa shape index (κ2) is 7.41. The summed E-state index contributed by atoms with van der Waals surface area (Å²) in [4.78, 5) is 14.0. The van der Waals surface area contributed by atoms with Crippen LogP contribution in [0.1, 0.15) is 31.0 Å². The topological polar surface area (TPSA) is 49.0 Å². The maximum absolute atomic E-state index is 11.7. The fourth-order valence-electron chi connectivity index (χ4n) is 4.06. The highest BCUT2D eigenvalue weighted by Crippen LogP contribution is 2.26. The van der Waals surface area contributed by atoms with Crippen LogP contribution in [0.15, 0.2) is 24.3 Å². The third kappa shape index (κ3) is 3.62. The predicted molar refractivity (Wildman–Crippen MR) is 100 cm³/mol. The van der Waals surface area contributed by atoms with Gasteiger partial charge in [-0.1, -0.05) is 18.2 Å². The number of aromatic nitrogens is 1. The Morgan fingerprint density at radius 2 is 2.08 bits per heavy atom. The van der Waals surface area contributed by atoms with Gasteiger partial charge in [-0.05, 0) is 51.8 Å². The minimum Gasteiger partial charge on any atom is -0.343 e. The zero-order chi connectivity index (χ0) is 18.0. The highest BCUT2D eigenvalue weighted by atomic mass is 16.1. The van der Waals surface area contributed by atoms with Crippen molar-refractivity contribution in [3.63, 3.8) is 0 Å². The molecule has 1 saturated heterocycles. The summed E-state index contributed by atoms with van der Waals surface area (Å²) in [6, 6.07) is 10.9. The zero-order valence-corrected chi connectivity index (χ0v) is 15.5. The van der Waals surface area contributed by atoms with Crippen LogP contribution < -0.4 is 0 Å². The Labute approximate surface area is 150 Å². The van der Waals surface area contributed by atoms with Crippen molar-refractivity contribution in [3.8, 4) is 6.07 Å².